The van der Waals surface area contributed by atoms with E-state index in [0.29, 0.717) is 18.4 Å². The molecule has 1 aromatic heterocycles. The van der Waals surface area contributed by atoms with Gasteiger partial charge in [0.05, 0.1) is 4.90 Å². The van der Waals surface area contributed by atoms with E-state index in [2.05, 4.69) is 23.6 Å². The molecule has 2 rings (SSSR count). The Morgan fingerprint density at radius 3 is 2.74 bits per heavy atom. The van der Waals surface area contributed by atoms with Crippen molar-refractivity contribution in [2.24, 2.45) is 17.6 Å². The number of hydrogen-bond acceptors (Lipinski definition) is 3. The van der Waals surface area contributed by atoms with Gasteiger partial charge in [0.2, 0.25) is 10.0 Å². The van der Waals surface area contributed by atoms with Crippen LogP contribution in [0.1, 0.15) is 38.8 Å². The maximum atomic E-state index is 12.3. The molecule has 3 atom stereocenters. The number of H-pyrrole nitrogens is 1. The van der Waals surface area contributed by atoms with Crippen LogP contribution in [-0.2, 0) is 16.6 Å². The Labute approximate surface area is 115 Å². The van der Waals surface area contributed by atoms with Crippen LogP contribution in [0.15, 0.2) is 17.2 Å². The SMILES string of the molecule is CC1CCC(NS(=O)(=O)c2c[nH]c(CN)c2)C(C)C1. The number of hydrogen-bond donors (Lipinski definition) is 3. The number of nitrogens with one attached hydrogen (secondary N) is 2. The van der Waals surface area contributed by atoms with Crippen molar-refractivity contribution in [2.75, 3.05) is 0 Å². The van der Waals surface area contributed by atoms with E-state index in [9.17, 15) is 8.42 Å². The van der Waals surface area contributed by atoms with Gasteiger partial charge in [-0.2, -0.15) is 0 Å². The monoisotopic (exact) mass is 285 g/mol. The smallest absolute Gasteiger partial charge is 0.242 e. The molecule has 0 amide bonds. The van der Waals surface area contributed by atoms with Crippen molar-refractivity contribution in [3.8, 4) is 0 Å². The predicted molar refractivity (Wildman–Crippen MR) is 75.0 cm³/mol. The van der Waals surface area contributed by atoms with E-state index in [0.717, 1.165) is 25.0 Å². The first-order valence-electron chi connectivity index (χ1n) is 6.82. The molecule has 0 aliphatic heterocycles. The third-order valence-electron chi connectivity index (χ3n) is 3.98. The van der Waals surface area contributed by atoms with E-state index >= 15 is 0 Å². The van der Waals surface area contributed by atoms with Gasteiger partial charge in [-0.15, -0.1) is 0 Å². The molecular formula is C13H23N3O2S. The number of aromatic nitrogens is 1. The number of aromatic amines is 1. The van der Waals surface area contributed by atoms with Gasteiger partial charge >= 0.3 is 0 Å². The molecule has 19 heavy (non-hydrogen) atoms. The van der Waals surface area contributed by atoms with Crippen LogP contribution in [0.3, 0.4) is 0 Å². The van der Waals surface area contributed by atoms with E-state index in [4.69, 9.17) is 5.73 Å². The van der Waals surface area contributed by atoms with Crippen LogP contribution in [-0.4, -0.2) is 19.4 Å². The zero-order valence-corrected chi connectivity index (χ0v) is 12.3. The Morgan fingerprint density at radius 2 is 2.16 bits per heavy atom. The van der Waals surface area contributed by atoms with Crippen LogP contribution in [0.4, 0.5) is 0 Å². The van der Waals surface area contributed by atoms with Gasteiger partial charge in [0.15, 0.2) is 0 Å². The Bertz CT molecular complexity index is 524. The Morgan fingerprint density at radius 1 is 1.42 bits per heavy atom. The summed E-state index contributed by atoms with van der Waals surface area (Å²) in [4.78, 5) is 3.15. The van der Waals surface area contributed by atoms with Gasteiger partial charge in [-0.05, 0) is 37.2 Å². The zero-order valence-electron chi connectivity index (χ0n) is 11.5. The summed E-state index contributed by atoms with van der Waals surface area (Å²) in [5.41, 5.74) is 6.21. The molecule has 0 aromatic carbocycles. The van der Waals surface area contributed by atoms with Crippen LogP contribution in [0.25, 0.3) is 0 Å². The molecule has 1 aliphatic rings. The third-order valence-corrected chi connectivity index (χ3v) is 5.45. The molecule has 1 saturated carbocycles. The van der Waals surface area contributed by atoms with Gasteiger partial charge in [-0.25, -0.2) is 13.1 Å². The van der Waals surface area contributed by atoms with Crippen LogP contribution in [0.5, 0.6) is 0 Å². The van der Waals surface area contributed by atoms with E-state index in [1.807, 2.05) is 0 Å². The molecule has 0 bridgehead atoms. The average Bonchev–Trinajstić information content (AvgIpc) is 2.82. The highest BCUT2D eigenvalue weighted by Gasteiger charge is 2.29. The summed E-state index contributed by atoms with van der Waals surface area (Å²) in [6.07, 6.45) is 4.57. The third kappa shape index (κ3) is 3.38. The maximum absolute atomic E-state index is 12.3. The highest BCUT2D eigenvalue weighted by Crippen LogP contribution is 2.29. The lowest BCUT2D eigenvalue weighted by atomic mass is 9.80. The molecule has 0 radical (unpaired) electrons. The first-order valence-corrected chi connectivity index (χ1v) is 8.30. The van der Waals surface area contributed by atoms with Crippen LogP contribution >= 0.6 is 0 Å². The summed E-state index contributed by atoms with van der Waals surface area (Å²) in [5.74, 6) is 1.07. The molecule has 0 saturated heterocycles. The van der Waals surface area contributed by atoms with E-state index in [1.54, 1.807) is 6.07 Å². The average molecular weight is 285 g/mol. The highest BCUT2D eigenvalue weighted by molar-refractivity contribution is 7.89. The van der Waals surface area contributed by atoms with Gasteiger partial charge in [0.1, 0.15) is 0 Å². The Balaban J connectivity index is 2.08. The topological polar surface area (TPSA) is 88.0 Å². The van der Waals surface area contributed by atoms with Crippen LogP contribution in [0.2, 0.25) is 0 Å². The van der Waals surface area contributed by atoms with E-state index in [-0.39, 0.29) is 10.9 Å². The van der Waals surface area contributed by atoms with Crippen molar-refractivity contribution in [1.82, 2.24) is 9.71 Å². The molecule has 6 heteroatoms. The molecule has 1 heterocycles. The minimum absolute atomic E-state index is 0.0393. The van der Waals surface area contributed by atoms with Gasteiger partial charge in [-0.1, -0.05) is 13.8 Å². The van der Waals surface area contributed by atoms with Crippen molar-refractivity contribution in [1.29, 1.82) is 0 Å². The van der Waals surface area contributed by atoms with Crippen molar-refractivity contribution in [3.63, 3.8) is 0 Å². The minimum atomic E-state index is -3.44. The van der Waals surface area contributed by atoms with Crippen molar-refractivity contribution in [3.05, 3.63) is 18.0 Å². The van der Waals surface area contributed by atoms with Gasteiger partial charge in [0.25, 0.3) is 0 Å². The minimum Gasteiger partial charge on any atom is -0.363 e. The molecule has 1 aromatic rings. The van der Waals surface area contributed by atoms with Gasteiger partial charge < -0.3 is 10.7 Å². The lowest BCUT2D eigenvalue weighted by molar-refractivity contribution is 0.249. The van der Waals surface area contributed by atoms with Crippen LogP contribution < -0.4 is 10.5 Å². The Kier molecular flexibility index (Phi) is 4.32. The fourth-order valence-electron chi connectivity index (χ4n) is 2.80. The lowest BCUT2D eigenvalue weighted by Gasteiger charge is -2.32. The Hall–Kier alpha value is -0.850. The van der Waals surface area contributed by atoms with E-state index in [1.165, 1.54) is 6.20 Å². The fraction of sp³-hybridized carbons (Fsp3) is 0.692. The molecule has 1 fully saturated rings. The normalized spacial score (nSPS) is 28.5. The summed E-state index contributed by atoms with van der Waals surface area (Å²) < 4.78 is 27.4. The van der Waals surface area contributed by atoms with Crippen molar-refractivity contribution < 1.29 is 8.42 Å². The zero-order chi connectivity index (χ0) is 14.0. The molecule has 0 spiro atoms. The molecule has 1 aliphatic carbocycles. The summed E-state index contributed by atoms with van der Waals surface area (Å²) >= 11 is 0. The molecular weight excluding hydrogens is 262 g/mol. The number of rotatable bonds is 4. The second kappa shape index (κ2) is 5.64. The van der Waals surface area contributed by atoms with E-state index < -0.39 is 10.0 Å². The highest BCUT2D eigenvalue weighted by atomic mass is 32.2. The second-order valence-electron chi connectivity index (χ2n) is 5.69. The molecule has 3 unspecified atom stereocenters. The van der Waals surface area contributed by atoms with Crippen molar-refractivity contribution in [2.45, 2.75) is 50.6 Å². The summed E-state index contributed by atoms with van der Waals surface area (Å²) in [5, 5.41) is 0. The van der Waals surface area contributed by atoms with Gasteiger partial charge in [-0.3, -0.25) is 0 Å². The number of nitrogens with two attached hydrogens (primary N) is 1. The largest absolute Gasteiger partial charge is 0.363 e. The number of sulfonamides is 1. The first kappa shape index (κ1) is 14.6. The lowest BCUT2D eigenvalue weighted by Crippen LogP contribution is -2.42. The predicted octanol–water partition coefficient (Wildman–Crippen LogP) is 1.58. The molecule has 4 N–H and O–H groups in total. The van der Waals surface area contributed by atoms with Crippen molar-refractivity contribution >= 4 is 10.0 Å². The summed E-state index contributed by atoms with van der Waals surface area (Å²) in [6, 6.07) is 1.63. The van der Waals surface area contributed by atoms with Gasteiger partial charge in [0, 0.05) is 24.5 Å². The van der Waals surface area contributed by atoms with Crippen LogP contribution in [0, 0.1) is 11.8 Å². The maximum Gasteiger partial charge on any atom is 0.242 e. The quantitative estimate of drug-likeness (QED) is 0.784. The molecule has 5 nitrogen and oxygen atoms in total. The fourth-order valence-corrected chi connectivity index (χ4v) is 4.20. The first-order chi connectivity index (χ1) is 8.92. The molecule has 108 valence electrons. The summed E-state index contributed by atoms with van der Waals surface area (Å²) in [6.45, 7) is 4.65. The summed E-state index contributed by atoms with van der Waals surface area (Å²) in [7, 11) is -3.44. The standard InChI is InChI=1S/C13H23N3O2S/c1-9-3-4-13(10(2)5-9)16-19(17,18)12-6-11(7-14)15-8-12/h6,8-10,13,15-16H,3-5,7,14H2,1-2H3. The second-order valence-corrected chi connectivity index (χ2v) is 7.40.